The van der Waals surface area contributed by atoms with Crippen LogP contribution in [-0.4, -0.2) is 16.9 Å². The second-order valence-electron chi connectivity index (χ2n) is 3.78. The van der Waals surface area contributed by atoms with Crippen molar-refractivity contribution < 1.29 is 14.7 Å². The van der Waals surface area contributed by atoms with Crippen molar-refractivity contribution in [1.82, 2.24) is 0 Å². The molecule has 0 spiro atoms. The number of aliphatic carboxylic acids is 1. The number of benzene rings is 2. The van der Waals surface area contributed by atoms with Crippen LogP contribution in [0.5, 0.6) is 0 Å². The molecular formula is C14H8Cl2O3. The highest BCUT2D eigenvalue weighted by Gasteiger charge is 2.20. The van der Waals surface area contributed by atoms with E-state index in [1.165, 1.54) is 6.07 Å². The van der Waals surface area contributed by atoms with E-state index in [0.717, 1.165) is 0 Å². The Balaban J connectivity index is 2.67. The zero-order valence-electron chi connectivity index (χ0n) is 9.56. The molecule has 0 radical (unpaired) electrons. The summed E-state index contributed by atoms with van der Waals surface area (Å²) >= 11 is 12.0. The van der Waals surface area contributed by atoms with Crippen molar-refractivity contribution in [3.8, 4) is 11.1 Å². The highest BCUT2D eigenvalue weighted by atomic mass is 35.5. The molecule has 0 saturated heterocycles. The molecule has 0 aromatic heterocycles. The fourth-order valence-corrected chi connectivity index (χ4v) is 2.15. The molecule has 0 heterocycles. The van der Waals surface area contributed by atoms with Crippen LogP contribution in [-0.2, 0) is 4.79 Å². The quantitative estimate of drug-likeness (QED) is 0.689. The largest absolute Gasteiger partial charge is 0.475 e. The SMILES string of the molecule is O=C(O)C(=O)c1ccccc1-c1cccc(Cl)c1Cl. The van der Waals surface area contributed by atoms with Crippen LogP contribution in [0.1, 0.15) is 10.4 Å². The Morgan fingerprint density at radius 1 is 0.895 bits per heavy atom. The third kappa shape index (κ3) is 2.62. The van der Waals surface area contributed by atoms with E-state index in [2.05, 4.69) is 0 Å². The summed E-state index contributed by atoms with van der Waals surface area (Å²) in [6.45, 7) is 0. The Morgan fingerprint density at radius 2 is 1.53 bits per heavy atom. The van der Waals surface area contributed by atoms with Gasteiger partial charge in [-0.15, -0.1) is 0 Å². The lowest BCUT2D eigenvalue weighted by atomic mass is 9.97. The van der Waals surface area contributed by atoms with E-state index in [-0.39, 0.29) is 10.6 Å². The molecular weight excluding hydrogens is 287 g/mol. The van der Waals surface area contributed by atoms with Gasteiger partial charge in [0.25, 0.3) is 5.78 Å². The molecule has 0 aliphatic rings. The summed E-state index contributed by atoms with van der Waals surface area (Å²) in [5.74, 6) is -2.49. The molecule has 2 aromatic rings. The molecule has 0 unspecified atom stereocenters. The lowest BCUT2D eigenvalue weighted by Gasteiger charge is -2.09. The van der Waals surface area contributed by atoms with Crippen LogP contribution in [0.4, 0.5) is 0 Å². The number of carbonyl (C=O) groups excluding carboxylic acids is 1. The van der Waals surface area contributed by atoms with E-state index >= 15 is 0 Å². The molecule has 2 aromatic carbocycles. The number of carboxylic acids is 1. The van der Waals surface area contributed by atoms with Gasteiger partial charge in [0.15, 0.2) is 0 Å². The fraction of sp³-hybridized carbons (Fsp3) is 0. The van der Waals surface area contributed by atoms with E-state index in [1.54, 1.807) is 36.4 Å². The van der Waals surface area contributed by atoms with Gasteiger partial charge in [-0.3, -0.25) is 4.79 Å². The van der Waals surface area contributed by atoms with Crippen molar-refractivity contribution in [3.63, 3.8) is 0 Å². The molecule has 0 amide bonds. The van der Waals surface area contributed by atoms with Crippen LogP contribution in [0.15, 0.2) is 42.5 Å². The van der Waals surface area contributed by atoms with Gasteiger partial charge in [0.1, 0.15) is 0 Å². The molecule has 0 atom stereocenters. The number of halogens is 2. The molecule has 0 aliphatic carbocycles. The minimum Gasteiger partial charge on any atom is -0.475 e. The van der Waals surface area contributed by atoms with Gasteiger partial charge in [-0.2, -0.15) is 0 Å². The molecule has 0 aliphatic heterocycles. The monoisotopic (exact) mass is 294 g/mol. The summed E-state index contributed by atoms with van der Waals surface area (Å²) in [6.07, 6.45) is 0. The van der Waals surface area contributed by atoms with Gasteiger partial charge < -0.3 is 5.11 Å². The summed E-state index contributed by atoms with van der Waals surface area (Å²) < 4.78 is 0. The van der Waals surface area contributed by atoms with Crippen LogP contribution in [0.25, 0.3) is 11.1 Å². The Bertz CT molecular complexity index is 665. The Kier molecular flexibility index (Phi) is 3.88. The number of hydrogen-bond acceptors (Lipinski definition) is 2. The zero-order valence-corrected chi connectivity index (χ0v) is 11.1. The fourth-order valence-electron chi connectivity index (χ4n) is 1.74. The Morgan fingerprint density at radius 3 is 2.21 bits per heavy atom. The van der Waals surface area contributed by atoms with Crippen LogP contribution in [0, 0.1) is 0 Å². The first-order valence-electron chi connectivity index (χ1n) is 5.33. The third-order valence-electron chi connectivity index (χ3n) is 2.61. The molecule has 3 nitrogen and oxygen atoms in total. The maximum absolute atomic E-state index is 11.7. The van der Waals surface area contributed by atoms with Gasteiger partial charge in [0.05, 0.1) is 10.0 Å². The summed E-state index contributed by atoms with van der Waals surface area (Å²) in [7, 11) is 0. The first-order chi connectivity index (χ1) is 9.02. The normalized spacial score (nSPS) is 10.2. The number of carbonyl (C=O) groups is 2. The maximum atomic E-state index is 11.7. The highest BCUT2D eigenvalue weighted by molar-refractivity contribution is 6.45. The van der Waals surface area contributed by atoms with Gasteiger partial charge in [-0.25, -0.2) is 4.79 Å². The van der Waals surface area contributed by atoms with Gasteiger partial charge in [0, 0.05) is 11.1 Å². The predicted molar refractivity (Wildman–Crippen MR) is 73.9 cm³/mol. The average molecular weight is 295 g/mol. The predicted octanol–water partition coefficient (Wildman–Crippen LogP) is 3.93. The average Bonchev–Trinajstić information content (AvgIpc) is 2.41. The molecule has 0 saturated carbocycles. The molecule has 1 N–H and O–H groups in total. The summed E-state index contributed by atoms with van der Waals surface area (Å²) in [5.41, 5.74) is 1.06. The number of ketones is 1. The zero-order chi connectivity index (χ0) is 14.0. The summed E-state index contributed by atoms with van der Waals surface area (Å²) in [4.78, 5) is 22.5. The van der Waals surface area contributed by atoms with Crippen LogP contribution in [0.3, 0.4) is 0 Å². The second-order valence-corrected chi connectivity index (χ2v) is 4.57. The lowest BCUT2D eigenvalue weighted by molar-refractivity contribution is -0.131. The van der Waals surface area contributed by atoms with Crippen LogP contribution >= 0.6 is 23.2 Å². The molecule has 5 heteroatoms. The minimum absolute atomic E-state index is 0.0826. The summed E-state index contributed by atoms with van der Waals surface area (Å²) in [5, 5.41) is 9.45. The number of carboxylic acid groups (broad SMARTS) is 1. The van der Waals surface area contributed by atoms with Crippen LogP contribution in [0.2, 0.25) is 10.0 Å². The van der Waals surface area contributed by atoms with E-state index < -0.39 is 11.8 Å². The van der Waals surface area contributed by atoms with E-state index in [9.17, 15) is 9.59 Å². The topological polar surface area (TPSA) is 54.4 Å². The highest BCUT2D eigenvalue weighted by Crippen LogP contribution is 2.35. The van der Waals surface area contributed by atoms with Gasteiger partial charge in [-0.05, 0) is 11.6 Å². The van der Waals surface area contributed by atoms with Crippen molar-refractivity contribution in [2.45, 2.75) is 0 Å². The first kappa shape index (κ1) is 13.6. The standard InChI is InChI=1S/C14H8Cl2O3/c15-11-7-3-6-9(12(11)16)8-4-1-2-5-10(8)13(17)14(18)19/h1-7H,(H,18,19). The van der Waals surface area contributed by atoms with E-state index in [4.69, 9.17) is 28.3 Å². The number of Topliss-reactive ketones (excluding diaryl/α,β-unsaturated/α-hetero) is 1. The van der Waals surface area contributed by atoms with Crippen molar-refractivity contribution in [2.75, 3.05) is 0 Å². The molecule has 96 valence electrons. The molecule has 0 fully saturated rings. The maximum Gasteiger partial charge on any atom is 0.377 e. The second kappa shape index (κ2) is 5.43. The van der Waals surface area contributed by atoms with Crippen LogP contribution < -0.4 is 0 Å². The molecule has 2 rings (SSSR count). The Labute approximate surface area is 119 Å². The van der Waals surface area contributed by atoms with Crippen molar-refractivity contribution >= 4 is 35.0 Å². The number of hydrogen-bond donors (Lipinski definition) is 1. The van der Waals surface area contributed by atoms with Gasteiger partial charge in [-0.1, -0.05) is 59.6 Å². The first-order valence-corrected chi connectivity index (χ1v) is 6.09. The molecule has 19 heavy (non-hydrogen) atoms. The third-order valence-corrected chi connectivity index (χ3v) is 3.43. The smallest absolute Gasteiger partial charge is 0.377 e. The van der Waals surface area contributed by atoms with Crippen molar-refractivity contribution in [2.24, 2.45) is 0 Å². The minimum atomic E-state index is -1.51. The van der Waals surface area contributed by atoms with E-state index in [1.807, 2.05) is 0 Å². The number of rotatable bonds is 3. The van der Waals surface area contributed by atoms with Crippen molar-refractivity contribution in [1.29, 1.82) is 0 Å². The Hall–Kier alpha value is -1.84. The summed E-state index contributed by atoms with van der Waals surface area (Å²) in [6, 6.07) is 11.4. The van der Waals surface area contributed by atoms with Gasteiger partial charge >= 0.3 is 5.97 Å². The van der Waals surface area contributed by atoms with E-state index in [0.29, 0.717) is 16.1 Å². The molecule has 0 bridgehead atoms. The lowest BCUT2D eigenvalue weighted by Crippen LogP contribution is -2.13. The van der Waals surface area contributed by atoms with Crippen molar-refractivity contribution in [3.05, 3.63) is 58.1 Å². The van der Waals surface area contributed by atoms with Gasteiger partial charge in [0.2, 0.25) is 0 Å².